The Morgan fingerprint density at radius 1 is 0.962 bits per heavy atom. The number of alkyl halides is 3. The summed E-state index contributed by atoms with van der Waals surface area (Å²) in [4.78, 5) is 8.49. The Balaban J connectivity index is 1.70. The number of benzene rings is 2. The van der Waals surface area contributed by atoms with Gasteiger partial charge in [-0.25, -0.2) is 9.97 Å². The molecule has 134 valence electrons. The maximum atomic E-state index is 12.8. The minimum Gasteiger partial charge on any atom is -0.497 e. The summed E-state index contributed by atoms with van der Waals surface area (Å²) in [5.74, 6) is 1.45. The summed E-state index contributed by atoms with van der Waals surface area (Å²) >= 11 is 1.45. The van der Waals surface area contributed by atoms with Gasteiger partial charge in [0.05, 0.1) is 12.7 Å². The molecule has 0 spiro atoms. The monoisotopic (exact) mass is 376 g/mol. The summed E-state index contributed by atoms with van der Waals surface area (Å²) in [7, 11) is 1.61. The first-order valence-electron chi connectivity index (χ1n) is 7.71. The second-order valence-corrected chi connectivity index (χ2v) is 6.42. The molecule has 0 saturated heterocycles. The van der Waals surface area contributed by atoms with Crippen LogP contribution in [0.25, 0.3) is 11.1 Å². The molecule has 0 aliphatic rings. The minimum atomic E-state index is -4.37. The summed E-state index contributed by atoms with van der Waals surface area (Å²) in [6.45, 7) is 0. The maximum Gasteiger partial charge on any atom is 0.416 e. The van der Waals surface area contributed by atoms with E-state index < -0.39 is 11.7 Å². The highest BCUT2D eigenvalue weighted by molar-refractivity contribution is 7.98. The lowest BCUT2D eigenvalue weighted by Gasteiger charge is -2.09. The van der Waals surface area contributed by atoms with E-state index in [1.54, 1.807) is 13.2 Å². The Hall–Kier alpha value is -2.54. The van der Waals surface area contributed by atoms with Crippen molar-refractivity contribution in [2.75, 3.05) is 7.11 Å². The van der Waals surface area contributed by atoms with Crippen LogP contribution in [0.1, 0.15) is 11.1 Å². The predicted molar refractivity (Wildman–Crippen MR) is 95.0 cm³/mol. The van der Waals surface area contributed by atoms with Gasteiger partial charge in [-0.15, -0.1) is 0 Å². The highest BCUT2D eigenvalue weighted by Crippen LogP contribution is 2.32. The number of nitrogens with zero attached hydrogens (tertiary/aromatic N) is 2. The fourth-order valence-corrected chi connectivity index (χ4v) is 3.05. The first-order valence-corrected chi connectivity index (χ1v) is 8.69. The molecular weight excluding hydrogens is 361 g/mol. The van der Waals surface area contributed by atoms with Gasteiger partial charge in [-0.05, 0) is 35.4 Å². The number of hydrogen-bond acceptors (Lipinski definition) is 4. The molecule has 0 aliphatic carbocycles. The summed E-state index contributed by atoms with van der Waals surface area (Å²) < 4.78 is 43.6. The average Bonchev–Trinajstić information content (AvgIpc) is 2.66. The molecule has 0 amide bonds. The SMILES string of the molecule is COc1cccc(CSc2ncc(-c3cccc(C(F)(F)F)c3)cn2)c1. The topological polar surface area (TPSA) is 35.0 Å². The fourth-order valence-electron chi connectivity index (χ4n) is 2.33. The molecular formula is C19H15F3N2OS. The number of halogens is 3. The van der Waals surface area contributed by atoms with Gasteiger partial charge < -0.3 is 4.74 Å². The number of hydrogen-bond donors (Lipinski definition) is 0. The lowest BCUT2D eigenvalue weighted by Crippen LogP contribution is -2.04. The van der Waals surface area contributed by atoms with E-state index >= 15 is 0 Å². The zero-order chi connectivity index (χ0) is 18.6. The molecule has 0 N–H and O–H groups in total. The summed E-state index contributed by atoms with van der Waals surface area (Å²) in [6, 6.07) is 12.8. The van der Waals surface area contributed by atoms with E-state index in [4.69, 9.17) is 4.74 Å². The number of rotatable bonds is 5. The molecule has 3 aromatic rings. The third kappa shape index (κ3) is 4.54. The van der Waals surface area contributed by atoms with Crippen LogP contribution in [0.15, 0.2) is 66.1 Å². The van der Waals surface area contributed by atoms with Gasteiger partial charge in [0.25, 0.3) is 0 Å². The van der Waals surface area contributed by atoms with Gasteiger partial charge in [0.1, 0.15) is 5.75 Å². The number of ether oxygens (including phenoxy) is 1. The highest BCUT2D eigenvalue weighted by Gasteiger charge is 2.30. The Kier molecular flexibility index (Phi) is 5.46. The minimum absolute atomic E-state index is 0.434. The van der Waals surface area contributed by atoms with Gasteiger partial charge in [-0.1, -0.05) is 36.0 Å². The zero-order valence-corrected chi connectivity index (χ0v) is 14.6. The van der Waals surface area contributed by atoms with Crippen molar-refractivity contribution >= 4 is 11.8 Å². The van der Waals surface area contributed by atoms with Crippen molar-refractivity contribution in [3.8, 4) is 16.9 Å². The van der Waals surface area contributed by atoms with Crippen LogP contribution in [-0.2, 0) is 11.9 Å². The molecule has 26 heavy (non-hydrogen) atoms. The molecule has 0 fully saturated rings. The van der Waals surface area contributed by atoms with Crippen molar-refractivity contribution in [3.05, 3.63) is 72.1 Å². The molecule has 1 aromatic heterocycles. The van der Waals surface area contributed by atoms with Crippen molar-refractivity contribution in [1.82, 2.24) is 9.97 Å². The lowest BCUT2D eigenvalue weighted by molar-refractivity contribution is -0.137. The van der Waals surface area contributed by atoms with Crippen molar-refractivity contribution in [1.29, 1.82) is 0 Å². The van der Waals surface area contributed by atoms with Crippen LogP contribution in [0.2, 0.25) is 0 Å². The van der Waals surface area contributed by atoms with Crippen LogP contribution in [0.3, 0.4) is 0 Å². The van der Waals surface area contributed by atoms with Crippen molar-refractivity contribution in [2.45, 2.75) is 17.1 Å². The Morgan fingerprint density at radius 2 is 1.69 bits per heavy atom. The molecule has 0 radical (unpaired) electrons. The normalized spacial score (nSPS) is 11.4. The van der Waals surface area contributed by atoms with Crippen LogP contribution in [0, 0.1) is 0 Å². The molecule has 0 aliphatic heterocycles. The van der Waals surface area contributed by atoms with Gasteiger partial charge in [-0.2, -0.15) is 13.2 Å². The van der Waals surface area contributed by atoms with Gasteiger partial charge in [-0.3, -0.25) is 0 Å². The number of aromatic nitrogens is 2. The average molecular weight is 376 g/mol. The molecule has 1 heterocycles. The van der Waals surface area contributed by atoms with Crippen LogP contribution < -0.4 is 4.74 Å². The largest absolute Gasteiger partial charge is 0.497 e. The molecule has 3 rings (SSSR count). The molecule has 0 saturated carbocycles. The lowest BCUT2D eigenvalue weighted by atomic mass is 10.1. The van der Waals surface area contributed by atoms with E-state index in [-0.39, 0.29) is 0 Å². The second-order valence-electron chi connectivity index (χ2n) is 5.47. The molecule has 3 nitrogen and oxygen atoms in total. The van der Waals surface area contributed by atoms with Crippen molar-refractivity contribution in [2.24, 2.45) is 0 Å². The Labute approximate surface area is 153 Å². The fraction of sp³-hybridized carbons (Fsp3) is 0.158. The first kappa shape index (κ1) is 18.3. The van der Waals surface area contributed by atoms with E-state index in [0.29, 0.717) is 22.0 Å². The summed E-state index contributed by atoms with van der Waals surface area (Å²) in [6.07, 6.45) is -1.30. The van der Waals surface area contributed by atoms with Crippen LogP contribution in [0.4, 0.5) is 13.2 Å². The Bertz CT molecular complexity index is 882. The highest BCUT2D eigenvalue weighted by atomic mass is 32.2. The smallest absolute Gasteiger partial charge is 0.416 e. The van der Waals surface area contributed by atoms with Gasteiger partial charge in [0, 0.05) is 23.7 Å². The second kappa shape index (κ2) is 7.78. The molecule has 0 bridgehead atoms. The number of thioether (sulfide) groups is 1. The van der Waals surface area contributed by atoms with Crippen LogP contribution in [-0.4, -0.2) is 17.1 Å². The summed E-state index contributed by atoms with van der Waals surface area (Å²) in [5, 5.41) is 0.559. The maximum absolute atomic E-state index is 12.8. The Morgan fingerprint density at radius 3 is 2.38 bits per heavy atom. The third-order valence-corrected chi connectivity index (χ3v) is 4.60. The van der Waals surface area contributed by atoms with Crippen LogP contribution >= 0.6 is 11.8 Å². The molecule has 0 atom stereocenters. The summed E-state index contributed by atoms with van der Waals surface area (Å²) in [5.41, 5.74) is 1.36. The number of methoxy groups -OCH3 is 1. The van der Waals surface area contributed by atoms with E-state index in [9.17, 15) is 13.2 Å². The van der Waals surface area contributed by atoms with Crippen LogP contribution in [0.5, 0.6) is 5.75 Å². The predicted octanol–water partition coefficient (Wildman–Crippen LogP) is 5.46. The third-order valence-electron chi connectivity index (χ3n) is 3.65. The quantitative estimate of drug-likeness (QED) is 0.437. The van der Waals surface area contributed by atoms with Gasteiger partial charge in [0.15, 0.2) is 5.16 Å². The van der Waals surface area contributed by atoms with E-state index in [0.717, 1.165) is 23.4 Å². The molecule has 0 unspecified atom stereocenters. The first-order chi connectivity index (χ1) is 12.5. The molecule has 7 heteroatoms. The van der Waals surface area contributed by atoms with Gasteiger partial charge >= 0.3 is 6.18 Å². The van der Waals surface area contributed by atoms with Crippen molar-refractivity contribution in [3.63, 3.8) is 0 Å². The standard InChI is InChI=1S/C19H15F3N2OS/c1-25-17-7-2-4-13(8-17)12-26-18-23-10-15(11-24-18)14-5-3-6-16(9-14)19(20,21)22/h2-11H,12H2,1H3. The van der Waals surface area contributed by atoms with E-state index in [1.807, 2.05) is 24.3 Å². The zero-order valence-electron chi connectivity index (χ0n) is 13.8. The van der Waals surface area contributed by atoms with Gasteiger partial charge in [0.2, 0.25) is 0 Å². The van der Waals surface area contributed by atoms with E-state index in [2.05, 4.69) is 9.97 Å². The molecule has 2 aromatic carbocycles. The van der Waals surface area contributed by atoms with Crippen molar-refractivity contribution < 1.29 is 17.9 Å². The van der Waals surface area contributed by atoms with E-state index in [1.165, 1.54) is 30.2 Å².